The van der Waals surface area contributed by atoms with Crippen LogP contribution in [0.25, 0.3) is 0 Å². The zero-order valence-corrected chi connectivity index (χ0v) is 11.5. The average molecular weight is 308 g/mol. The Morgan fingerprint density at radius 1 is 1.00 bits per heavy atom. The van der Waals surface area contributed by atoms with Gasteiger partial charge in [-0.25, -0.2) is 0 Å². The Morgan fingerprint density at radius 2 is 1.62 bits per heavy atom. The van der Waals surface area contributed by atoms with Crippen molar-refractivity contribution in [2.24, 2.45) is 0 Å². The summed E-state index contributed by atoms with van der Waals surface area (Å²) in [4.78, 5) is 11.1. The Labute approximate surface area is 121 Å². The molecular weight excluding hydrogens is 296 g/mol. The van der Waals surface area contributed by atoms with E-state index in [2.05, 4.69) is 4.72 Å². The summed E-state index contributed by atoms with van der Waals surface area (Å²) >= 11 is 0. The van der Waals surface area contributed by atoms with Gasteiger partial charge in [-0.3, -0.25) is 9.52 Å². The average Bonchev–Trinajstić information content (AvgIpc) is 2.38. The molecule has 0 fully saturated rings. The van der Waals surface area contributed by atoms with Crippen LogP contribution >= 0.6 is 0 Å². The van der Waals surface area contributed by atoms with Crippen molar-refractivity contribution in [2.45, 2.75) is 0 Å². The lowest BCUT2D eigenvalue weighted by Gasteiger charge is -2.18. The van der Waals surface area contributed by atoms with Crippen molar-refractivity contribution in [2.75, 3.05) is 9.03 Å². The van der Waals surface area contributed by atoms with E-state index in [1.54, 1.807) is 0 Å². The van der Waals surface area contributed by atoms with E-state index in [-0.39, 0.29) is 29.3 Å². The standard InChI is InChI=1S/C13H12N2O5S/c16-9-15(11-4-2-6-13(18)8-11)21(19,20)14-10-3-1-5-12(17)7-10/h1-9,14,17-18H. The molecule has 2 rings (SSSR count). The number of amides is 1. The van der Waals surface area contributed by atoms with Crippen LogP contribution in [0.15, 0.2) is 48.5 Å². The second kappa shape index (κ2) is 5.71. The molecule has 0 aromatic heterocycles. The highest BCUT2D eigenvalue weighted by Crippen LogP contribution is 2.23. The number of phenolic OH excluding ortho intramolecular Hbond substituents is 2. The molecule has 0 unspecified atom stereocenters. The topological polar surface area (TPSA) is 107 Å². The molecule has 0 heterocycles. The molecule has 1 amide bonds. The largest absolute Gasteiger partial charge is 0.508 e. The van der Waals surface area contributed by atoms with E-state index in [1.807, 2.05) is 0 Å². The van der Waals surface area contributed by atoms with Crippen molar-refractivity contribution in [3.8, 4) is 11.5 Å². The molecule has 0 aliphatic heterocycles. The maximum absolute atomic E-state index is 12.2. The highest BCUT2D eigenvalue weighted by Gasteiger charge is 2.22. The Kier molecular flexibility index (Phi) is 3.99. The van der Waals surface area contributed by atoms with Crippen LogP contribution in [0.5, 0.6) is 11.5 Å². The number of carbonyl (C=O) groups excluding carboxylic acids is 1. The molecule has 0 saturated carbocycles. The normalized spacial score (nSPS) is 10.9. The summed E-state index contributed by atoms with van der Waals surface area (Å²) in [5.74, 6) is -0.294. The third kappa shape index (κ3) is 3.42. The van der Waals surface area contributed by atoms with Crippen molar-refractivity contribution in [1.29, 1.82) is 0 Å². The lowest BCUT2D eigenvalue weighted by atomic mass is 10.3. The van der Waals surface area contributed by atoms with Crippen LogP contribution < -0.4 is 9.03 Å². The molecule has 0 radical (unpaired) electrons. The lowest BCUT2D eigenvalue weighted by Crippen LogP contribution is -2.34. The Morgan fingerprint density at radius 3 is 2.19 bits per heavy atom. The summed E-state index contributed by atoms with van der Waals surface area (Å²) in [5.41, 5.74) is 0.0830. The molecule has 2 aromatic carbocycles. The number of nitrogens with one attached hydrogen (secondary N) is 1. The van der Waals surface area contributed by atoms with Crippen molar-refractivity contribution < 1.29 is 23.4 Å². The fourth-order valence-corrected chi connectivity index (χ4v) is 2.68. The Hall–Kier alpha value is -2.74. The van der Waals surface area contributed by atoms with E-state index in [4.69, 9.17) is 0 Å². The molecule has 110 valence electrons. The number of hydrogen-bond acceptors (Lipinski definition) is 5. The fourth-order valence-electron chi connectivity index (χ4n) is 1.65. The highest BCUT2D eigenvalue weighted by atomic mass is 32.2. The number of nitrogens with zero attached hydrogens (tertiary/aromatic N) is 1. The molecule has 0 saturated heterocycles. The summed E-state index contributed by atoms with van der Waals surface area (Å²) in [6.07, 6.45) is 0.111. The number of rotatable bonds is 5. The van der Waals surface area contributed by atoms with Crippen LogP contribution in [0, 0.1) is 0 Å². The molecule has 21 heavy (non-hydrogen) atoms. The SMILES string of the molecule is O=CN(c1cccc(O)c1)S(=O)(=O)Nc1cccc(O)c1. The monoisotopic (exact) mass is 308 g/mol. The maximum Gasteiger partial charge on any atom is 0.330 e. The molecule has 2 aromatic rings. The number of hydrogen-bond donors (Lipinski definition) is 3. The van der Waals surface area contributed by atoms with Gasteiger partial charge in [-0.05, 0) is 24.3 Å². The van der Waals surface area contributed by atoms with Crippen LogP contribution in [0.3, 0.4) is 0 Å². The van der Waals surface area contributed by atoms with Crippen LogP contribution in [0.4, 0.5) is 11.4 Å². The number of aromatic hydroxyl groups is 2. The molecule has 3 N–H and O–H groups in total. The predicted octanol–water partition coefficient (Wildman–Crippen LogP) is 1.42. The first-order valence-electron chi connectivity index (χ1n) is 5.78. The summed E-state index contributed by atoms with van der Waals surface area (Å²) in [5, 5.41) is 18.7. The Bertz CT molecular complexity index is 761. The molecule has 0 aliphatic rings. The van der Waals surface area contributed by atoms with Crippen LogP contribution in [-0.2, 0) is 15.0 Å². The minimum atomic E-state index is -4.22. The van der Waals surface area contributed by atoms with Gasteiger partial charge in [0.05, 0.1) is 11.4 Å². The van der Waals surface area contributed by atoms with Gasteiger partial charge in [-0.1, -0.05) is 12.1 Å². The van der Waals surface area contributed by atoms with Crippen LogP contribution in [0.1, 0.15) is 0 Å². The number of anilines is 2. The van der Waals surface area contributed by atoms with Crippen molar-refractivity contribution in [3.63, 3.8) is 0 Å². The molecule has 0 spiro atoms. The summed E-state index contributed by atoms with van der Waals surface area (Å²) in [6.45, 7) is 0. The predicted molar refractivity (Wildman–Crippen MR) is 77.3 cm³/mol. The van der Waals surface area contributed by atoms with Gasteiger partial charge in [0.1, 0.15) is 11.5 Å². The molecule has 0 bridgehead atoms. The summed E-state index contributed by atoms with van der Waals surface area (Å²) in [7, 11) is -4.22. The van der Waals surface area contributed by atoms with E-state index in [0.717, 1.165) is 6.07 Å². The number of carbonyl (C=O) groups is 1. The quantitative estimate of drug-likeness (QED) is 0.724. The van der Waals surface area contributed by atoms with Crippen molar-refractivity contribution >= 4 is 28.0 Å². The fraction of sp³-hybridized carbons (Fsp3) is 0. The third-order valence-electron chi connectivity index (χ3n) is 2.53. The molecule has 0 aliphatic carbocycles. The van der Waals surface area contributed by atoms with Gasteiger partial charge >= 0.3 is 10.2 Å². The first kappa shape index (κ1) is 14.7. The second-order valence-electron chi connectivity index (χ2n) is 4.08. The van der Waals surface area contributed by atoms with Crippen molar-refractivity contribution in [1.82, 2.24) is 0 Å². The van der Waals surface area contributed by atoms with Gasteiger partial charge in [-0.15, -0.1) is 0 Å². The Balaban J connectivity index is 2.34. The first-order valence-corrected chi connectivity index (χ1v) is 7.22. The van der Waals surface area contributed by atoms with Crippen molar-refractivity contribution in [3.05, 3.63) is 48.5 Å². The van der Waals surface area contributed by atoms with Gasteiger partial charge in [0.2, 0.25) is 6.41 Å². The summed E-state index contributed by atoms with van der Waals surface area (Å²) < 4.78 is 26.9. The minimum Gasteiger partial charge on any atom is -0.508 e. The highest BCUT2D eigenvalue weighted by molar-refractivity contribution is 7.94. The third-order valence-corrected chi connectivity index (χ3v) is 3.84. The maximum atomic E-state index is 12.2. The minimum absolute atomic E-state index is 0.0161. The zero-order valence-electron chi connectivity index (χ0n) is 10.7. The van der Waals surface area contributed by atoms with E-state index < -0.39 is 10.2 Å². The second-order valence-corrected chi connectivity index (χ2v) is 5.63. The van der Waals surface area contributed by atoms with E-state index in [0.29, 0.717) is 4.31 Å². The van der Waals surface area contributed by atoms with Gasteiger partial charge in [0.25, 0.3) is 0 Å². The number of benzene rings is 2. The molecule has 8 heteroatoms. The zero-order chi connectivity index (χ0) is 15.5. The number of phenols is 2. The molecule has 7 nitrogen and oxygen atoms in total. The van der Waals surface area contributed by atoms with Crippen LogP contribution in [-0.4, -0.2) is 25.0 Å². The van der Waals surface area contributed by atoms with E-state index in [9.17, 15) is 23.4 Å². The molecule has 0 atom stereocenters. The first-order chi connectivity index (χ1) is 9.92. The van der Waals surface area contributed by atoms with Gasteiger partial charge < -0.3 is 10.2 Å². The molecular formula is C13H12N2O5S. The van der Waals surface area contributed by atoms with Gasteiger partial charge in [-0.2, -0.15) is 12.7 Å². The smallest absolute Gasteiger partial charge is 0.330 e. The van der Waals surface area contributed by atoms with E-state index in [1.165, 1.54) is 42.5 Å². The summed E-state index contributed by atoms with van der Waals surface area (Å²) in [6, 6.07) is 10.7. The van der Waals surface area contributed by atoms with Crippen LogP contribution in [0.2, 0.25) is 0 Å². The lowest BCUT2D eigenvalue weighted by molar-refractivity contribution is -0.106. The van der Waals surface area contributed by atoms with Gasteiger partial charge in [0, 0.05) is 12.1 Å². The van der Waals surface area contributed by atoms with Gasteiger partial charge in [0.15, 0.2) is 0 Å². The van der Waals surface area contributed by atoms with E-state index >= 15 is 0 Å².